The van der Waals surface area contributed by atoms with E-state index in [2.05, 4.69) is 117 Å². The zero-order valence-corrected chi connectivity index (χ0v) is 66.3. The number of aromatic amines is 2. The predicted octanol–water partition coefficient (Wildman–Crippen LogP) is 32.3. The van der Waals surface area contributed by atoms with E-state index in [9.17, 15) is 0 Å². The molecule has 0 atom stereocenters. The Morgan fingerprint density at radius 2 is 0.604 bits per heavy atom. The number of furan rings is 1. The van der Waals surface area contributed by atoms with E-state index in [1.807, 2.05) is 372 Å². The molecule has 0 unspecified atom stereocenters. The van der Waals surface area contributed by atoms with Crippen LogP contribution in [0.1, 0.15) is 222 Å². The Hall–Kier alpha value is -7.25. The van der Waals surface area contributed by atoms with Crippen LogP contribution < -0.4 is 0 Å². The van der Waals surface area contributed by atoms with Crippen LogP contribution in [0.15, 0.2) is 276 Å². The third-order valence-electron chi connectivity index (χ3n) is 8.00. The molecule has 0 aliphatic carbocycles. The van der Waals surface area contributed by atoms with Gasteiger partial charge in [0.15, 0.2) is 0 Å². The monoisotopic (exact) mass is 1290 g/mol. The number of nitrogens with zero attached hydrogens (tertiary/aromatic N) is 1. The minimum atomic E-state index is 0.956. The molecule has 12 aromatic rings. The molecule has 6 aromatic heterocycles. The Labute approximate surface area is 574 Å². The third kappa shape index (κ3) is 76.9. The first kappa shape index (κ1) is 111. The molecule has 0 aliphatic heterocycles. The van der Waals surface area contributed by atoms with E-state index < -0.39 is 0 Å². The minimum Gasteiger partial charge on any atom is -0.464 e. The molecule has 0 fully saturated rings. The van der Waals surface area contributed by atoms with Gasteiger partial charge in [-0.15, -0.1) is 11.3 Å². The molecule has 6 heterocycles. The van der Waals surface area contributed by atoms with Crippen LogP contribution in [0.5, 0.6) is 0 Å². The van der Waals surface area contributed by atoms with Gasteiger partial charge in [-0.1, -0.05) is 379 Å². The lowest BCUT2D eigenvalue weighted by Gasteiger charge is -1.92. The Morgan fingerprint density at radius 3 is 0.912 bits per heavy atom. The second-order valence-corrected chi connectivity index (χ2v) is 14.0. The number of thiophene rings is 2. The zero-order valence-electron chi connectivity index (χ0n) is 64.7. The molecule has 0 aliphatic rings. The number of H-pyrrole nitrogens is 2. The molecule has 0 bridgehead atoms. The number of fused-ring (bicyclic) bond motifs is 4. The van der Waals surface area contributed by atoms with Crippen LogP contribution in [-0.2, 0) is 0 Å². The molecule has 6 heteroatoms. The topological polar surface area (TPSA) is 57.6 Å². The maximum Gasteiger partial charge on any atom is 0.133 e. The van der Waals surface area contributed by atoms with Crippen molar-refractivity contribution in [3.05, 3.63) is 272 Å². The van der Waals surface area contributed by atoms with Crippen LogP contribution in [0.25, 0.3) is 42.7 Å². The molecule has 0 saturated carbocycles. The highest BCUT2D eigenvalue weighted by Gasteiger charge is 1.90. The highest BCUT2D eigenvalue weighted by molar-refractivity contribution is 7.17. The number of benzene rings is 6. The molecule has 0 spiro atoms. The fourth-order valence-corrected chi connectivity index (χ4v) is 6.39. The lowest BCUT2D eigenvalue weighted by molar-refractivity contribution is 0.616. The lowest BCUT2D eigenvalue weighted by atomic mass is 10.1. The second-order valence-electron chi connectivity index (χ2n) is 12.2. The molecule has 12 rings (SSSR count). The Bertz CT molecular complexity index is 2280. The van der Waals surface area contributed by atoms with Crippen molar-refractivity contribution in [2.45, 2.75) is 222 Å². The summed E-state index contributed by atoms with van der Waals surface area (Å²) in [5.41, 5.74) is 2.16. The summed E-state index contributed by atoms with van der Waals surface area (Å²) < 4.78 is 6.49. The maximum absolute atomic E-state index is 5.12. The van der Waals surface area contributed by atoms with Gasteiger partial charge in [0.1, 0.15) is 5.58 Å². The van der Waals surface area contributed by atoms with Crippen molar-refractivity contribution in [3.63, 3.8) is 0 Å². The van der Waals surface area contributed by atoms with Crippen molar-refractivity contribution in [1.82, 2.24) is 15.0 Å². The van der Waals surface area contributed by atoms with E-state index in [1.54, 1.807) is 41.3 Å². The summed E-state index contributed by atoms with van der Waals surface area (Å²) >= 11 is 3.50. The zero-order chi connectivity index (χ0) is 72.7. The number of hydrogen-bond donors (Lipinski definition) is 2. The lowest BCUT2D eigenvalue weighted by Crippen LogP contribution is -1.67. The van der Waals surface area contributed by atoms with Crippen molar-refractivity contribution in [2.75, 3.05) is 0 Å². The van der Waals surface area contributed by atoms with Crippen molar-refractivity contribution < 1.29 is 4.42 Å². The van der Waals surface area contributed by atoms with Crippen LogP contribution in [-0.4, -0.2) is 15.0 Å². The smallest absolute Gasteiger partial charge is 0.133 e. The molecule has 91 heavy (non-hydrogen) atoms. The largest absolute Gasteiger partial charge is 0.464 e. The molecule has 2 N–H and O–H groups in total. The van der Waals surface area contributed by atoms with E-state index in [0.29, 0.717) is 0 Å². The van der Waals surface area contributed by atoms with Crippen molar-refractivity contribution >= 4 is 65.4 Å². The first-order valence-corrected chi connectivity index (χ1v) is 36.9. The molecule has 4 nitrogen and oxygen atoms in total. The SMILES string of the molecule is CC.CC.CC.CC.CC.CC.CC.CC.CC.CC.CC.CC.CC.CC.CC.CC.c1cc[nH]c1.c1ccc2[nH]ccc2c1.c1ccc2ccccc2c1.c1ccc2occc2c1.c1ccc2sccc2c1.c1ccccc1.c1ccncc1.c1ccsc1. The summed E-state index contributed by atoms with van der Waals surface area (Å²) in [5.74, 6) is 0. The van der Waals surface area contributed by atoms with Gasteiger partial charge >= 0.3 is 0 Å². The molecule has 6 aromatic carbocycles. The van der Waals surface area contributed by atoms with E-state index >= 15 is 0 Å². The normalized spacial score (nSPS) is 7.12. The summed E-state index contributed by atoms with van der Waals surface area (Å²) in [6.07, 6.45) is 10.9. The average molecular weight is 1290 g/mol. The van der Waals surface area contributed by atoms with Gasteiger partial charge in [-0.3, -0.25) is 4.98 Å². The fraction of sp³-hybridized carbons (Fsp3) is 0.376. The second kappa shape index (κ2) is 120. The highest BCUT2D eigenvalue weighted by atomic mass is 32.1. The van der Waals surface area contributed by atoms with E-state index in [1.165, 1.54) is 31.8 Å². The summed E-state index contributed by atoms with van der Waals surface area (Å²) in [6, 6.07) is 73.1. The van der Waals surface area contributed by atoms with Gasteiger partial charge in [0.2, 0.25) is 0 Å². The minimum absolute atomic E-state index is 0.956. The molecule has 0 saturated heterocycles. The first-order valence-electron chi connectivity index (χ1n) is 35.1. The number of aromatic nitrogens is 3. The van der Waals surface area contributed by atoms with Crippen molar-refractivity contribution in [3.8, 4) is 0 Å². The van der Waals surface area contributed by atoms with Gasteiger partial charge < -0.3 is 14.4 Å². The summed E-state index contributed by atoms with van der Waals surface area (Å²) in [5, 5.41) is 12.6. The van der Waals surface area contributed by atoms with Crippen LogP contribution in [0, 0.1) is 0 Å². The van der Waals surface area contributed by atoms with E-state index in [0.717, 1.165) is 11.0 Å². The van der Waals surface area contributed by atoms with Gasteiger partial charge in [-0.2, -0.15) is 11.3 Å². The van der Waals surface area contributed by atoms with Crippen molar-refractivity contribution in [2.24, 2.45) is 0 Å². The molecule has 516 valence electrons. The van der Waals surface area contributed by atoms with E-state index in [-0.39, 0.29) is 0 Å². The molecule has 0 radical (unpaired) electrons. The molecular weight excluding hydrogens is 1140 g/mol. The predicted molar refractivity (Wildman–Crippen MR) is 438 cm³/mol. The van der Waals surface area contributed by atoms with Crippen LogP contribution >= 0.6 is 22.7 Å². The van der Waals surface area contributed by atoms with Gasteiger partial charge in [0.05, 0.1) is 6.26 Å². The van der Waals surface area contributed by atoms with Gasteiger partial charge in [-0.05, 0) is 98.3 Å². The maximum atomic E-state index is 5.12. The fourth-order valence-electron chi connectivity index (χ4n) is 5.14. The van der Waals surface area contributed by atoms with Gasteiger partial charge in [0, 0.05) is 46.6 Å². The number of rotatable bonds is 0. The Kier molecular flexibility index (Phi) is 147. The standard InChI is InChI=1S/C10H8.C8H7N.C8H6O.C8H6S.C6H6.C5H5N.C4H5N.C4H4S.16C2H6/c1-2-6-10-8-4-3-7-9(10)5-1;3*1-2-4-8-7(3-1)5-6-9-8;2*1-2-4-6-5-3-1;2*1-2-4-5-3-1;16*1-2/h1-8H;1-6,9H;2*1-6H;1-6H;1-5H;1-5H;1-4H;16*1-2H3. The summed E-state index contributed by atoms with van der Waals surface area (Å²) in [4.78, 5) is 9.77. The van der Waals surface area contributed by atoms with Gasteiger partial charge in [-0.25, -0.2) is 0 Å². The van der Waals surface area contributed by atoms with E-state index in [4.69, 9.17) is 4.42 Å². The Balaban J connectivity index is -0.0000000742. The van der Waals surface area contributed by atoms with Gasteiger partial charge in [0.25, 0.3) is 0 Å². The third-order valence-corrected chi connectivity index (χ3v) is 9.53. The van der Waals surface area contributed by atoms with Crippen LogP contribution in [0.3, 0.4) is 0 Å². The van der Waals surface area contributed by atoms with Crippen molar-refractivity contribution in [1.29, 1.82) is 0 Å². The first-order chi connectivity index (χ1) is 45.4. The number of para-hydroxylation sites is 2. The Morgan fingerprint density at radius 1 is 0.264 bits per heavy atom. The van der Waals surface area contributed by atoms with Crippen LogP contribution in [0.2, 0.25) is 0 Å². The summed E-state index contributed by atoms with van der Waals surface area (Å²) in [7, 11) is 0. The highest BCUT2D eigenvalue weighted by Crippen LogP contribution is 2.19. The number of hydrogen-bond acceptors (Lipinski definition) is 4. The molecular formula is C85H143N3OS2. The summed E-state index contributed by atoms with van der Waals surface area (Å²) in [6.45, 7) is 64.0. The molecule has 0 amide bonds. The average Bonchev–Trinajstić information content (AvgIpc) is 3.32. The number of nitrogens with one attached hydrogen (secondary N) is 2. The van der Waals surface area contributed by atoms with Crippen LogP contribution in [0.4, 0.5) is 0 Å². The quantitative estimate of drug-likeness (QED) is 0.159. The number of pyridine rings is 1.